The lowest BCUT2D eigenvalue weighted by Gasteiger charge is -2.16. The summed E-state index contributed by atoms with van der Waals surface area (Å²) in [7, 11) is 0. The molecule has 0 aliphatic heterocycles. The van der Waals surface area contributed by atoms with Gasteiger partial charge in [0.1, 0.15) is 5.82 Å². The molecular weight excluding hydrogens is 382 g/mol. The average Bonchev–Trinajstić information content (AvgIpc) is 2.69. The van der Waals surface area contributed by atoms with Gasteiger partial charge in [-0.2, -0.15) is 4.98 Å². The third kappa shape index (κ3) is 6.49. The Labute approximate surface area is 180 Å². The second-order valence-electron chi connectivity index (χ2n) is 7.71. The van der Waals surface area contributed by atoms with Crippen LogP contribution >= 0.6 is 11.6 Å². The minimum atomic E-state index is 0.186. The highest BCUT2D eigenvalue weighted by molar-refractivity contribution is 6.32. The van der Waals surface area contributed by atoms with Crippen LogP contribution in [0.4, 0.5) is 17.5 Å². The quantitative estimate of drug-likeness (QED) is 0.282. The summed E-state index contributed by atoms with van der Waals surface area (Å²) in [5.74, 6) is 0.544. The number of nitrogen functional groups attached to an aromatic ring is 3. The summed E-state index contributed by atoms with van der Waals surface area (Å²) in [6.07, 6.45) is 13.1. The Morgan fingerprint density at radius 1 is 0.828 bits per heavy atom. The molecule has 6 N–H and O–H groups in total. The predicted octanol–water partition coefficient (Wildman–Crippen LogP) is 6.18. The van der Waals surface area contributed by atoms with Gasteiger partial charge in [-0.1, -0.05) is 82.9 Å². The molecule has 6 heteroatoms. The lowest BCUT2D eigenvalue weighted by molar-refractivity contribution is 0.565. The molecular formula is C23H36ClN5. The zero-order valence-corrected chi connectivity index (χ0v) is 18.7. The normalized spacial score (nSPS) is 11.1. The van der Waals surface area contributed by atoms with E-state index in [1.165, 1.54) is 51.4 Å². The Morgan fingerprint density at radius 2 is 1.45 bits per heavy atom. The zero-order valence-electron chi connectivity index (χ0n) is 17.9. The van der Waals surface area contributed by atoms with Crippen LogP contribution < -0.4 is 17.2 Å². The van der Waals surface area contributed by atoms with Crippen LogP contribution in [0.5, 0.6) is 0 Å². The number of nitrogens with two attached hydrogens (primary N) is 3. The molecule has 0 saturated carbocycles. The molecule has 5 nitrogen and oxygen atoms in total. The maximum Gasteiger partial charge on any atom is 0.222 e. The van der Waals surface area contributed by atoms with E-state index in [9.17, 15) is 0 Å². The maximum absolute atomic E-state index is 6.53. The van der Waals surface area contributed by atoms with Crippen molar-refractivity contribution >= 4 is 29.1 Å². The summed E-state index contributed by atoms with van der Waals surface area (Å²) in [6, 6.07) is 3.80. The van der Waals surface area contributed by atoms with Crippen molar-refractivity contribution in [2.75, 3.05) is 17.2 Å². The van der Waals surface area contributed by atoms with Crippen molar-refractivity contribution in [3.63, 3.8) is 0 Å². The molecule has 0 bridgehead atoms. The van der Waals surface area contributed by atoms with Gasteiger partial charge in [0.2, 0.25) is 5.95 Å². The first kappa shape index (κ1) is 23.3. The fourth-order valence-corrected chi connectivity index (χ4v) is 4.08. The second-order valence-corrected chi connectivity index (χ2v) is 8.12. The molecule has 2 aromatic rings. The molecule has 1 aromatic carbocycles. The van der Waals surface area contributed by atoms with Crippen LogP contribution in [-0.2, 0) is 12.8 Å². The van der Waals surface area contributed by atoms with E-state index in [2.05, 4.69) is 16.9 Å². The highest BCUT2D eigenvalue weighted by atomic mass is 35.5. The molecule has 0 unspecified atom stereocenters. The van der Waals surface area contributed by atoms with E-state index in [0.29, 0.717) is 22.9 Å². The van der Waals surface area contributed by atoms with Crippen LogP contribution in [0.2, 0.25) is 5.02 Å². The first-order chi connectivity index (χ1) is 14.0. The van der Waals surface area contributed by atoms with E-state index in [1.54, 1.807) is 0 Å². The minimum absolute atomic E-state index is 0.186. The van der Waals surface area contributed by atoms with Gasteiger partial charge in [-0.25, -0.2) is 4.98 Å². The molecule has 0 saturated heterocycles. The van der Waals surface area contributed by atoms with Crippen LogP contribution in [0.25, 0.3) is 11.1 Å². The number of unbranched alkanes of at least 4 members (excludes halogenated alkanes) is 8. The molecule has 0 aliphatic rings. The third-order valence-electron chi connectivity index (χ3n) is 5.46. The van der Waals surface area contributed by atoms with E-state index in [0.717, 1.165) is 35.2 Å². The van der Waals surface area contributed by atoms with Crippen molar-refractivity contribution in [3.05, 3.63) is 28.4 Å². The van der Waals surface area contributed by atoms with Gasteiger partial charge < -0.3 is 17.2 Å². The van der Waals surface area contributed by atoms with Gasteiger partial charge in [-0.05, 0) is 30.9 Å². The summed E-state index contributed by atoms with van der Waals surface area (Å²) in [5, 5.41) is 0.707. The number of rotatable bonds is 12. The van der Waals surface area contributed by atoms with Crippen LogP contribution in [0.3, 0.4) is 0 Å². The Kier molecular flexibility index (Phi) is 9.52. The van der Waals surface area contributed by atoms with Crippen molar-refractivity contribution in [1.29, 1.82) is 0 Å². The first-order valence-corrected chi connectivity index (χ1v) is 11.4. The van der Waals surface area contributed by atoms with Gasteiger partial charge in [0, 0.05) is 21.8 Å². The molecule has 160 valence electrons. The lowest BCUT2D eigenvalue weighted by Crippen LogP contribution is -2.08. The number of aryl methyl sites for hydroxylation is 1. The van der Waals surface area contributed by atoms with E-state index in [1.807, 2.05) is 19.1 Å². The summed E-state index contributed by atoms with van der Waals surface area (Å²) < 4.78 is 0. The third-order valence-corrected chi connectivity index (χ3v) is 5.82. The summed E-state index contributed by atoms with van der Waals surface area (Å²) in [6.45, 7) is 4.27. The second kappa shape index (κ2) is 11.9. The topological polar surface area (TPSA) is 104 Å². The Morgan fingerprint density at radius 3 is 2.07 bits per heavy atom. The number of anilines is 3. The molecule has 0 atom stereocenters. The van der Waals surface area contributed by atoms with Crippen LogP contribution in [0.1, 0.15) is 82.9 Å². The molecule has 1 aromatic heterocycles. The Hall–Kier alpha value is -2.01. The Balaban J connectivity index is 2.03. The first-order valence-electron chi connectivity index (χ1n) is 11.0. The van der Waals surface area contributed by atoms with Gasteiger partial charge in [-0.15, -0.1) is 0 Å². The number of hydrogen-bond acceptors (Lipinski definition) is 5. The van der Waals surface area contributed by atoms with E-state index >= 15 is 0 Å². The van der Waals surface area contributed by atoms with Crippen LogP contribution in [0, 0.1) is 0 Å². The van der Waals surface area contributed by atoms with E-state index in [4.69, 9.17) is 28.8 Å². The predicted molar refractivity (Wildman–Crippen MR) is 126 cm³/mol. The number of nitrogens with zero attached hydrogens (tertiary/aromatic N) is 2. The van der Waals surface area contributed by atoms with Crippen LogP contribution in [-0.4, -0.2) is 9.97 Å². The highest BCUT2D eigenvalue weighted by Gasteiger charge is 2.18. The Bertz CT molecular complexity index is 791. The number of aromatic nitrogens is 2. The molecule has 0 aliphatic carbocycles. The largest absolute Gasteiger partial charge is 0.398 e. The number of benzene rings is 1. The standard InChI is InChI=1S/C23H36ClN5/c1-3-5-6-7-8-9-10-11-12-13-16-18(24)15-14-17(21(16)25)20-19(4-2)28-23(27)29-22(20)26/h14-15H,3-13,25H2,1-2H3,(H4,26,27,28,29). The molecule has 0 amide bonds. The summed E-state index contributed by atoms with van der Waals surface area (Å²) in [5.41, 5.74) is 22.5. The molecule has 0 radical (unpaired) electrons. The van der Waals surface area contributed by atoms with Crippen molar-refractivity contribution in [1.82, 2.24) is 9.97 Å². The van der Waals surface area contributed by atoms with Gasteiger partial charge >= 0.3 is 0 Å². The minimum Gasteiger partial charge on any atom is -0.398 e. The molecule has 29 heavy (non-hydrogen) atoms. The van der Waals surface area contributed by atoms with Crippen molar-refractivity contribution in [2.45, 2.75) is 84.5 Å². The summed E-state index contributed by atoms with van der Waals surface area (Å²) in [4.78, 5) is 8.47. The van der Waals surface area contributed by atoms with Crippen molar-refractivity contribution in [2.24, 2.45) is 0 Å². The monoisotopic (exact) mass is 417 g/mol. The van der Waals surface area contributed by atoms with Gasteiger partial charge in [0.05, 0.1) is 5.69 Å². The summed E-state index contributed by atoms with van der Waals surface area (Å²) >= 11 is 6.48. The lowest BCUT2D eigenvalue weighted by atomic mass is 9.95. The fourth-order valence-electron chi connectivity index (χ4n) is 3.82. The smallest absolute Gasteiger partial charge is 0.222 e. The highest BCUT2D eigenvalue weighted by Crippen LogP contribution is 2.38. The van der Waals surface area contributed by atoms with Gasteiger partial charge in [0.25, 0.3) is 0 Å². The van der Waals surface area contributed by atoms with Crippen molar-refractivity contribution in [3.8, 4) is 11.1 Å². The average molecular weight is 418 g/mol. The van der Waals surface area contributed by atoms with Crippen molar-refractivity contribution < 1.29 is 0 Å². The molecule has 0 spiro atoms. The van der Waals surface area contributed by atoms with Gasteiger partial charge in [0.15, 0.2) is 0 Å². The SMILES string of the molecule is CCCCCCCCCCCc1c(Cl)ccc(-c2c(N)nc(N)nc2CC)c1N. The molecule has 1 heterocycles. The van der Waals surface area contributed by atoms with E-state index in [-0.39, 0.29) is 5.95 Å². The number of halogens is 1. The molecule has 2 rings (SSSR count). The fraction of sp³-hybridized carbons (Fsp3) is 0.565. The van der Waals surface area contributed by atoms with Gasteiger partial charge in [-0.3, -0.25) is 0 Å². The maximum atomic E-state index is 6.53. The van der Waals surface area contributed by atoms with Crippen LogP contribution in [0.15, 0.2) is 12.1 Å². The zero-order chi connectivity index (χ0) is 21.2. The number of hydrogen-bond donors (Lipinski definition) is 3. The van der Waals surface area contributed by atoms with E-state index < -0.39 is 0 Å². The molecule has 0 fully saturated rings.